The first-order chi connectivity index (χ1) is 7.25. The number of carbonyl (C=O) groups is 1. The van der Waals surface area contributed by atoms with Crippen LogP contribution in [-0.2, 0) is 4.79 Å². The van der Waals surface area contributed by atoms with Gasteiger partial charge in [-0.15, -0.1) is 0 Å². The lowest BCUT2D eigenvalue weighted by Gasteiger charge is -2.35. The molecule has 1 aliphatic rings. The third kappa shape index (κ3) is 3.32. The molecule has 0 spiro atoms. The average molecular weight is 210 g/mol. The second kappa shape index (κ2) is 6.30. The van der Waals surface area contributed by atoms with E-state index in [1.54, 1.807) is 0 Å². The normalized spacial score (nSPS) is 26.9. The van der Waals surface area contributed by atoms with Crippen LogP contribution in [0.2, 0.25) is 0 Å². The van der Waals surface area contributed by atoms with Crippen molar-refractivity contribution in [2.75, 3.05) is 0 Å². The molecule has 1 heteroatoms. The number of unbranched alkanes of at least 4 members (excludes halogenated alkanes) is 2. The van der Waals surface area contributed by atoms with E-state index in [0.29, 0.717) is 5.78 Å². The SMILES string of the molecule is CCCCCC1(CCC)CCCCC1=O. The Hall–Kier alpha value is -0.330. The molecule has 0 heterocycles. The molecule has 1 atom stereocenters. The molecule has 1 fully saturated rings. The zero-order chi connectivity index (χ0) is 11.1. The molecule has 1 saturated carbocycles. The summed E-state index contributed by atoms with van der Waals surface area (Å²) in [7, 11) is 0. The van der Waals surface area contributed by atoms with Gasteiger partial charge in [-0.2, -0.15) is 0 Å². The van der Waals surface area contributed by atoms with E-state index in [1.807, 2.05) is 0 Å². The van der Waals surface area contributed by atoms with Crippen LogP contribution in [-0.4, -0.2) is 5.78 Å². The van der Waals surface area contributed by atoms with E-state index in [9.17, 15) is 4.79 Å². The van der Waals surface area contributed by atoms with Crippen LogP contribution in [0.25, 0.3) is 0 Å². The van der Waals surface area contributed by atoms with Crippen LogP contribution >= 0.6 is 0 Å². The van der Waals surface area contributed by atoms with Gasteiger partial charge in [0.25, 0.3) is 0 Å². The number of Topliss-reactive ketones (excluding diaryl/α,β-unsaturated/α-hetero) is 1. The van der Waals surface area contributed by atoms with Gasteiger partial charge in [-0.05, 0) is 25.7 Å². The van der Waals surface area contributed by atoms with Crippen LogP contribution in [0.5, 0.6) is 0 Å². The van der Waals surface area contributed by atoms with E-state index in [1.165, 1.54) is 32.1 Å². The second-order valence-corrected chi connectivity index (χ2v) is 5.12. The average Bonchev–Trinajstić information content (AvgIpc) is 2.23. The van der Waals surface area contributed by atoms with Crippen LogP contribution in [0.1, 0.15) is 78.1 Å². The highest BCUT2D eigenvalue weighted by atomic mass is 16.1. The maximum Gasteiger partial charge on any atom is 0.139 e. The zero-order valence-electron chi connectivity index (χ0n) is 10.5. The van der Waals surface area contributed by atoms with E-state index >= 15 is 0 Å². The Morgan fingerprint density at radius 3 is 2.47 bits per heavy atom. The van der Waals surface area contributed by atoms with Crippen LogP contribution < -0.4 is 0 Å². The summed E-state index contributed by atoms with van der Waals surface area (Å²) in [5.74, 6) is 0.576. The maximum absolute atomic E-state index is 12.1. The highest BCUT2D eigenvalue weighted by Gasteiger charge is 2.37. The molecule has 0 radical (unpaired) electrons. The number of hydrogen-bond acceptors (Lipinski definition) is 1. The van der Waals surface area contributed by atoms with Crippen molar-refractivity contribution in [1.29, 1.82) is 0 Å². The molecule has 0 aliphatic heterocycles. The Morgan fingerprint density at radius 1 is 1.07 bits per heavy atom. The molecule has 1 aliphatic carbocycles. The lowest BCUT2D eigenvalue weighted by atomic mass is 9.67. The van der Waals surface area contributed by atoms with Gasteiger partial charge in [0.15, 0.2) is 0 Å². The zero-order valence-corrected chi connectivity index (χ0v) is 10.5. The maximum atomic E-state index is 12.1. The van der Waals surface area contributed by atoms with E-state index < -0.39 is 0 Å². The first-order valence-corrected chi connectivity index (χ1v) is 6.78. The smallest absolute Gasteiger partial charge is 0.139 e. The fraction of sp³-hybridized carbons (Fsp3) is 0.929. The summed E-state index contributed by atoms with van der Waals surface area (Å²) in [5.41, 5.74) is 0.0994. The fourth-order valence-electron chi connectivity index (χ4n) is 3.00. The molecule has 88 valence electrons. The van der Waals surface area contributed by atoms with Gasteiger partial charge in [0, 0.05) is 11.8 Å². The standard InChI is InChI=1S/C14H26O/c1-3-5-7-11-14(10-4-2)12-8-6-9-13(14)15/h3-12H2,1-2H3. The predicted molar refractivity (Wildman–Crippen MR) is 65.0 cm³/mol. The van der Waals surface area contributed by atoms with Crippen molar-refractivity contribution in [2.45, 2.75) is 78.1 Å². The number of ketones is 1. The minimum absolute atomic E-state index is 0.0994. The lowest BCUT2D eigenvalue weighted by Crippen LogP contribution is -2.34. The second-order valence-electron chi connectivity index (χ2n) is 5.12. The van der Waals surface area contributed by atoms with Crippen molar-refractivity contribution in [2.24, 2.45) is 5.41 Å². The monoisotopic (exact) mass is 210 g/mol. The summed E-state index contributed by atoms with van der Waals surface area (Å²) in [5, 5.41) is 0. The first kappa shape index (κ1) is 12.7. The summed E-state index contributed by atoms with van der Waals surface area (Å²) < 4.78 is 0. The van der Waals surface area contributed by atoms with E-state index in [-0.39, 0.29) is 5.41 Å². The molecule has 0 bridgehead atoms. The first-order valence-electron chi connectivity index (χ1n) is 6.78. The third-order valence-corrected chi connectivity index (χ3v) is 3.89. The molecule has 1 rings (SSSR count). The molecule has 15 heavy (non-hydrogen) atoms. The molecule has 0 aromatic heterocycles. The summed E-state index contributed by atoms with van der Waals surface area (Å²) in [4.78, 5) is 12.1. The van der Waals surface area contributed by atoms with Crippen molar-refractivity contribution < 1.29 is 4.79 Å². The van der Waals surface area contributed by atoms with Gasteiger partial charge >= 0.3 is 0 Å². The summed E-state index contributed by atoms with van der Waals surface area (Å²) in [6.07, 6.45) is 11.7. The van der Waals surface area contributed by atoms with Crippen molar-refractivity contribution in [1.82, 2.24) is 0 Å². The minimum Gasteiger partial charge on any atom is -0.299 e. The third-order valence-electron chi connectivity index (χ3n) is 3.89. The highest BCUT2D eigenvalue weighted by Crippen LogP contribution is 2.41. The van der Waals surface area contributed by atoms with Crippen molar-refractivity contribution in [3.63, 3.8) is 0 Å². The van der Waals surface area contributed by atoms with E-state index in [0.717, 1.165) is 32.1 Å². The van der Waals surface area contributed by atoms with Crippen LogP contribution in [0.4, 0.5) is 0 Å². The Morgan fingerprint density at radius 2 is 1.87 bits per heavy atom. The number of hydrogen-bond donors (Lipinski definition) is 0. The molecular formula is C14H26O. The fourth-order valence-corrected chi connectivity index (χ4v) is 3.00. The lowest BCUT2D eigenvalue weighted by molar-refractivity contribution is -0.132. The Bertz CT molecular complexity index is 194. The Labute approximate surface area is 94.6 Å². The van der Waals surface area contributed by atoms with Gasteiger partial charge in [0.1, 0.15) is 5.78 Å². The van der Waals surface area contributed by atoms with E-state index in [2.05, 4.69) is 13.8 Å². The molecule has 0 aromatic carbocycles. The predicted octanol–water partition coefficient (Wildman–Crippen LogP) is 4.50. The number of carbonyl (C=O) groups excluding carboxylic acids is 1. The van der Waals surface area contributed by atoms with Gasteiger partial charge in [0.2, 0.25) is 0 Å². The summed E-state index contributed by atoms with van der Waals surface area (Å²) >= 11 is 0. The molecule has 1 unspecified atom stereocenters. The van der Waals surface area contributed by atoms with Gasteiger partial charge in [-0.1, -0.05) is 46.0 Å². The molecule has 0 aromatic rings. The van der Waals surface area contributed by atoms with Crippen LogP contribution in [0.15, 0.2) is 0 Å². The topological polar surface area (TPSA) is 17.1 Å². The quantitative estimate of drug-likeness (QED) is 0.590. The Kier molecular flexibility index (Phi) is 5.35. The summed E-state index contributed by atoms with van der Waals surface area (Å²) in [6, 6.07) is 0. The summed E-state index contributed by atoms with van der Waals surface area (Å²) in [6.45, 7) is 4.44. The van der Waals surface area contributed by atoms with Gasteiger partial charge in [-0.3, -0.25) is 4.79 Å². The number of rotatable bonds is 6. The van der Waals surface area contributed by atoms with Gasteiger partial charge < -0.3 is 0 Å². The molecule has 0 N–H and O–H groups in total. The van der Waals surface area contributed by atoms with Crippen molar-refractivity contribution in [3.8, 4) is 0 Å². The largest absolute Gasteiger partial charge is 0.299 e. The van der Waals surface area contributed by atoms with Crippen molar-refractivity contribution in [3.05, 3.63) is 0 Å². The van der Waals surface area contributed by atoms with Crippen LogP contribution in [0, 0.1) is 5.41 Å². The van der Waals surface area contributed by atoms with Crippen molar-refractivity contribution >= 4 is 5.78 Å². The highest BCUT2D eigenvalue weighted by molar-refractivity contribution is 5.85. The molecule has 1 nitrogen and oxygen atoms in total. The Balaban J connectivity index is 2.54. The van der Waals surface area contributed by atoms with Gasteiger partial charge in [0.05, 0.1) is 0 Å². The van der Waals surface area contributed by atoms with Gasteiger partial charge in [-0.25, -0.2) is 0 Å². The minimum atomic E-state index is 0.0994. The molecular weight excluding hydrogens is 184 g/mol. The molecule has 0 saturated heterocycles. The van der Waals surface area contributed by atoms with E-state index in [4.69, 9.17) is 0 Å². The molecule has 0 amide bonds. The van der Waals surface area contributed by atoms with Crippen LogP contribution in [0.3, 0.4) is 0 Å².